The summed E-state index contributed by atoms with van der Waals surface area (Å²) in [5, 5.41) is 11.0. The number of aliphatic imine (C=N–C) groups is 1. The molecule has 21 heavy (non-hydrogen) atoms. The molecule has 5 heteroatoms. The Morgan fingerprint density at radius 1 is 1.38 bits per heavy atom. The van der Waals surface area contributed by atoms with Gasteiger partial charge in [-0.1, -0.05) is 13.3 Å². The third kappa shape index (κ3) is 4.48. The first-order valence-corrected chi connectivity index (χ1v) is 8.19. The minimum Gasteiger partial charge on any atom is -0.357 e. The summed E-state index contributed by atoms with van der Waals surface area (Å²) in [4.78, 5) is 4.78. The summed E-state index contributed by atoms with van der Waals surface area (Å²) in [5.74, 6) is 0.932. The molecular formula is C16H29N5. The molecule has 0 bridgehead atoms. The predicted molar refractivity (Wildman–Crippen MR) is 87.5 cm³/mol. The van der Waals surface area contributed by atoms with Gasteiger partial charge in [-0.2, -0.15) is 5.10 Å². The highest BCUT2D eigenvalue weighted by atomic mass is 15.3. The number of rotatable bonds is 7. The fraction of sp³-hybridized carbons (Fsp3) is 0.750. The maximum atomic E-state index is 4.78. The van der Waals surface area contributed by atoms with Crippen LogP contribution < -0.4 is 10.6 Å². The van der Waals surface area contributed by atoms with Gasteiger partial charge < -0.3 is 10.6 Å². The quantitative estimate of drug-likeness (QED) is 0.599. The molecule has 5 nitrogen and oxygen atoms in total. The van der Waals surface area contributed by atoms with Crippen LogP contribution in [0.4, 0.5) is 0 Å². The lowest BCUT2D eigenvalue weighted by Gasteiger charge is -2.40. The average molecular weight is 291 g/mol. The van der Waals surface area contributed by atoms with Crippen molar-refractivity contribution in [1.82, 2.24) is 20.4 Å². The number of hydrogen-bond acceptors (Lipinski definition) is 2. The summed E-state index contributed by atoms with van der Waals surface area (Å²) < 4.78 is 1.96. The van der Waals surface area contributed by atoms with E-state index in [0.29, 0.717) is 5.41 Å². The van der Waals surface area contributed by atoms with Crippen molar-refractivity contribution in [3.05, 3.63) is 18.0 Å². The summed E-state index contributed by atoms with van der Waals surface area (Å²) in [6, 6.07) is 0. The van der Waals surface area contributed by atoms with Crippen molar-refractivity contribution in [3.8, 4) is 0 Å². The Kier molecular flexibility index (Phi) is 5.65. The highest BCUT2D eigenvalue weighted by Gasteiger charge is 2.34. The smallest absolute Gasteiger partial charge is 0.191 e. The molecule has 0 aromatic carbocycles. The Labute approximate surface area is 128 Å². The standard InChI is InChI=1S/C16H29N5/c1-4-16(7-6-8-16)13-19-15(17-5-2)18-9-10-21-12-14(3)11-20-21/h11-12H,4-10,13H2,1-3H3,(H2,17,18,19). The van der Waals surface area contributed by atoms with Gasteiger partial charge in [-0.15, -0.1) is 0 Å². The molecule has 1 aliphatic carbocycles. The zero-order chi connectivity index (χ0) is 15.1. The van der Waals surface area contributed by atoms with Crippen LogP contribution in [0.3, 0.4) is 0 Å². The summed E-state index contributed by atoms with van der Waals surface area (Å²) in [6.45, 7) is 9.99. The molecule has 1 aromatic rings. The van der Waals surface area contributed by atoms with Crippen molar-refractivity contribution in [3.63, 3.8) is 0 Å². The van der Waals surface area contributed by atoms with E-state index in [1.807, 2.05) is 10.9 Å². The Balaban J connectivity index is 1.80. The number of nitrogens with one attached hydrogen (secondary N) is 2. The van der Waals surface area contributed by atoms with Gasteiger partial charge in [0.25, 0.3) is 0 Å². The largest absolute Gasteiger partial charge is 0.357 e. The second-order valence-corrected chi connectivity index (χ2v) is 6.11. The van der Waals surface area contributed by atoms with E-state index in [1.54, 1.807) is 0 Å². The van der Waals surface area contributed by atoms with Crippen molar-refractivity contribution >= 4 is 5.96 Å². The molecule has 2 N–H and O–H groups in total. The predicted octanol–water partition coefficient (Wildman–Crippen LogP) is 2.33. The molecule has 1 aliphatic rings. The molecule has 0 unspecified atom stereocenters. The van der Waals surface area contributed by atoms with Crippen LogP contribution in [0.5, 0.6) is 0 Å². The SMILES string of the molecule is CCNC(=NCC1(CC)CCC1)NCCn1cc(C)cn1. The number of aromatic nitrogens is 2. The third-order valence-corrected chi connectivity index (χ3v) is 4.48. The van der Waals surface area contributed by atoms with E-state index in [4.69, 9.17) is 4.99 Å². The number of nitrogens with zero attached hydrogens (tertiary/aromatic N) is 3. The minimum atomic E-state index is 0.474. The Morgan fingerprint density at radius 3 is 2.71 bits per heavy atom. The van der Waals surface area contributed by atoms with Crippen LogP contribution in [0.25, 0.3) is 0 Å². The molecule has 0 amide bonds. The van der Waals surface area contributed by atoms with Gasteiger partial charge in [0.05, 0.1) is 12.7 Å². The first-order valence-electron chi connectivity index (χ1n) is 8.19. The molecule has 0 spiro atoms. The van der Waals surface area contributed by atoms with Crippen LogP contribution in [0.1, 0.15) is 45.1 Å². The summed E-state index contributed by atoms with van der Waals surface area (Å²) >= 11 is 0. The van der Waals surface area contributed by atoms with E-state index in [0.717, 1.165) is 32.1 Å². The monoisotopic (exact) mass is 291 g/mol. The Hall–Kier alpha value is -1.52. The van der Waals surface area contributed by atoms with E-state index in [-0.39, 0.29) is 0 Å². The Bertz CT molecular complexity index is 453. The van der Waals surface area contributed by atoms with Crippen LogP contribution in [-0.4, -0.2) is 35.4 Å². The topological polar surface area (TPSA) is 54.2 Å². The van der Waals surface area contributed by atoms with Crippen molar-refractivity contribution in [2.24, 2.45) is 10.4 Å². The molecular weight excluding hydrogens is 262 g/mol. The summed E-state index contributed by atoms with van der Waals surface area (Å²) in [7, 11) is 0. The molecule has 2 rings (SSSR count). The van der Waals surface area contributed by atoms with E-state index in [2.05, 4.69) is 42.7 Å². The number of hydrogen-bond donors (Lipinski definition) is 2. The van der Waals surface area contributed by atoms with Gasteiger partial charge in [0, 0.05) is 25.8 Å². The second kappa shape index (κ2) is 7.48. The molecule has 1 heterocycles. The lowest BCUT2D eigenvalue weighted by Crippen LogP contribution is -2.41. The van der Waals surface area contributed by atoms with Crippen LogP contribution in [0.15, 0.2) is 17.4 Å². The number of aryl methyl sites for hydroxylation is 1. The van der Waals surface area contributed by atoms with Gasteiger partial charge in [0.1, 0.15) is 0 Å². The fourth-order valence-corrected chi connectivity index (χ4v) is 2.77. The lowest BCUT2D eigenvalue weighted by atomic mass is 9.67. The van der Waals surface area contributed by atoms with Crippen LogP contribution in [0.2, 0.25) is 0 Å². The molecule has 0 atom stereocenters. The average Bonchev–Trinajstić information content (AvgIpc) is 2.83. The van der Waals surface area contributed by atoms with E-state index in [9.17, 15) is 0 Å². The lowest BCUT2D eigenvalue weighted by molar-refractivity contribution is 0.139. The molecule has 1 aromatic heterocycles. The molecule has 0 radical (unpaired) electrons. The van der Waals surface area contributed by atoms with Gasteiger partial charge in [0.15, 0.2) is 5.96 Å². The third-order valence-electron chi connectivity index (χ3n) is 4.48. The highest BCUT2D eigenvalue weighted by Crippen LogP contribution is 2.43. The normalized spacial score (nSPS) is 17.4. The van der Waals surface area contributed by atoms with Crippen LogP contribution in [0, 0.1) is 12.3 Å². The maximum Gasteiger partial charge on any atom is 0.191 e. The molecule has 118 valence electrons. The van der Waals surface area contributed by atoms with Crippen molar-refractivity contribution in [1.29, 1.82) is 0 Å². The summed E-state index contributed by atoms with van der Waals surface area (Å²) in [5.41, 5.74) is 1.67. The van der Waals surface area contributed by atoms with Crippen molar-refractivity contribution < 1.29 is 0 Å². The van der Waals surface area contributed by atoms with E-state index < -0.39 is 0 Å². The minimum absolute atomic E-state index is 0.474. The molecule has 1 fully saturated rings. The highest BCUT2D eigenvalue weighted by molar-refractivity contribution is 5.79. The maximum absolute atomic E-state index is 4.78. The van der Waals surface area contributed by atoms with Crippen molar-refractivity contribution in [2.75, 3.05) is 19.6 Å². The van der Waals surface area contributed by atoms with Gasteiger partial charge in [-0.3, -0.25) is 9.67 Å². The molecule has 0 aliphatic heterocycles. The zero-order valence-corrected chi connectivity index (χ0v) is 13.7. The van der Waals surface area contributed by atoms with Gasteiger partial charge in [0.2, 0.25) is 0 Å². The van der Waals surface area contributed by atoms with E-state index in [1.165, 1.54) is 31.2 Å². The summed E-state index contributed by atoms with van der Waals surface area (Å²) in [6.07, 6.45) is 9.22. The zero-order valence-electron chi connectivity index (χ0n) is 13.7. The fourth-order valence-electron chi connectivity index (χ4n) is 2.77. The first-order chi connectivity index (χ1) is 10.2. The molecule has 1 saturated carbocycles. The van der Waals surface area contributed by atoms with Gasteiger partial charge in [-0.05, 0) is 44.1 Å². The number of guanidine groups is 1. The second-order valence-electron chi connectivity index (χ2n) is 6.11. The van der Waals surface area contributed by atoms with Crippen LogP contribution >= 0.6 is 0 Å². The van der Waals surface area contributed by atoms with Gasteiger partial charge >= 0.3 is 0 Å². The molecule has 0 saturated heterocycles. The van der Waals surface area contributed by atoms with Crippen molar-refractivity contribution in [2.45, 2.75) is 53.0 Å². The van der Waals surface area contributed by atoms with Gasteiger partial charge in [-0.25, -0.2) is 0 Å². The first kappa shape index (κ1) is 15.9. The Morgan fingerprint density at radius 2 is 2.19 bits per heavy atom. The van der Waals surface area contributed by atoms with E-state index >= 15 is 0 Å². The van der Waals surface area contributed by atoms with Crippen LogP contribution in [-0.2, 0) is 6.54 Å².